The minimum atomic E-state index is 0.596. The maximum absolute atomic E-state index is 4.21. The Balaban J connectivity index is 2.23. The first kappa shape index (κ1) is 8.68. The number of rotatable bonds is 4. The van der Waals surface area contributed by atoms with Crippen molar-refractivity contribution >= 4 is 11.3 Å². The summed E-state index contributed by atoms with van der Waals surface area (Å²) >= 11 is 1.74. The van der Waals surface area contributed by atoms with Crippen molar-refractivity contribution in [2.24, 2.45) is 0 Å². The van der Waals surface area contributed by atoms with Gasteiger partial charge in [-0.05, 0) is 20.4 Å². The van der Waals surface area contributed by atoms with Crippen LogP contribution in [0.1, 0.15) is 18.4 Å². The molecule has 1 atom stereocenters. The van der Waals surface area contributed by atoms with E-state index in [0.717, 1.165) is 6.42 Å². The molecule has 2 nitrogen and oxygen atoms in total. The molecule has 0 radical (unpaired) electrons. The molecule has 1 aromatic rings. The maximum Gasteiger partial charge on any atom is 0.0925 e. The summed E-state index contributed by atoms with van der Waals surface area (Å²) in [6.07, 6.45) is 4.13. The third-order valence-electron chi connectivity index (χ3n) is 1.77. The highest BCUT2D eigenvalue weighted by molar-refractivity contribution is 7.09. The van der Waals surface area contributed by atoms with Gasteiger partial charge < -0.3 is 5.32 Å². The molecule has 1 unspecified atom stereocenters. The van der Waals surface area contributed by atoms with Gasteiger partial charge in [0.2, 0.25) is 0 Å². The molecule has 11 heavy (non-hydrogen) atoms. The first-order chi connectivity index (χ1) is 5.33. The van der Waals surface area contributed by atoms with Gasteiger partial charge in [-0.1, -0.05) is 0 Å². The van der Waals surface area contributed by atoms with Crippen LogP contribution in [0, 0.1) is 0 Å². The Morgan fingerprint density at radius 1 is 1.73 bits per heavy atom. The van der Waals surface area contributed by atoms with Crippen molar-refractivity contribution in [3.8, 4) is 0 Å². The van der Waals surface area contributed by atoms with Crippen LogP contribution in [0.15, 0.2) is 11.6 Å². The van der Waals surface area contributed by atoms with Gasteiger partial charge in [-0.3, -0.25) is 0 Å². The topological polar surface area (TPSA) is 24.9 Å². The molecular formula is C8H14N2S. The van der Waals surface area contributed by atoms with Gasteiger partial charge >= 0.3 is 0 Å². The molecule has 62 valence electrons. The molecule has 3 heteroatoms. The summed E-state index contributed by atoms with van der Waals surface area (Å²) < 4.78 is 0. The summed E-state index contributed by atoms with van der Waals surface area (Å²) in [7, 11) is 1.99. The predicted molar refractivity (Wildman–Crippen MR) is 49.0 cm³/mol. The Morgan fingerprint density at radius 3 is 3.09 bits per heavy atom. The fourth-order valence-electron chi connectivity index (χ4n) is 0.861. The lowest BCUT2D eigenvalue weighted by Crippen LogP contribution is -2.21. The minimum Gasteiger partial charge on any atom is -0.317 e. The Bertz CT molecular complexity index is 184. The molecule has 0 amide bonds. The molecule has 0 aliphatic carbocycles. The summed E-state index contributed by atoms with van der Waals surface area (Å²) in [5.41, 5.74) is 0. The minimum absolute atomic E-state index is 0.596. The SMILES string of the molecule is CNC(C)CCc1nccs1. The Hall–Kier alpha value is -0.410. The smallest absolute Gasteiger partial charge is 0.0925 e. The first-order valence-corrected chi connectivity index (χ1v) is 4.76. The zero-order valence-corrected chi connectivity index (χ0v) is 7.82. The summed E-state index contributed by atoms with van der Waals surface area (Å²) in [6.45, 7) is 2.19. The zero-order chi connectivity index (χ0) is 8.10. The van der Waals surface area contributed by atoms with Gasteiger partial charge in [-0.2, -0.15) is 0 Å². The molecule has 0 spiro atoms. The fourth-order valence-corrected chi connectivity index (χ4v) is 1.50. The zero-order valence-electron chi connectivity index (χ0n) is 7.00. The summed E-state index contributed by atoms with van der Waals surface area (Å²) in [4.78, 5) is 4.21. The van der Waals surface area contributed by atoms with Crippen molar-refractivity contribution in [1.29, 1.82) is 0 Å². The van der Waals surface area contributed by atoms with E-state index in [0.29, 0.717) is 6.04 Å². The van der Waals surface area contributed by atoms with E-state index in [1.54, 1.807) is 11.3 Å². The molecule has 0 saturated heterocycles. The summed E-state index contributed by atoms with van der Waals surface area (Å²) in [5.74, 6) is 0. The molecule has 0 aliphatic rings. The molecule has 0 saturated carbocycles. The van der Waals surface area contributed by atoms with E-state index in [1.807, 2.05) is 18.6 Å². The Morgan fingerprint density at radius 2 is 2.55 bits per heavy atom. The van der Waals surface area contributed by atoms with Gasteiger partial charge in [-0.25, -0.2) is 4.98 Å². The number of hydrogen-bond donors (Lipinski definition) is 1. The average Bonchev–Trinajstić information content (AvgIpc) is 2.52. The lowest BCUT2D eigenvalue weighted by molar-refractivity contribution is 0.564. The van der Waals surface area contributed by atoms with E-state index in [4.69, 9.17) is 0 Å². The fraction of sp³-hybridized carbons (Fsp3) is 0.625. The van der Waals surface area contributed by atoms with Crippen LogP contribution in [0.4, 0.5) is 0 Å². The standard InChI is InChI=1S/C8H14N2S/c1-7(9-2)3-4-8-10-5-6-11-8/h5-7,9H,3-4H2,1-2H3. The lowest BCUT2D eigenvalue weighted by Gasteiger charge is -2.07. The molecule has 0 bridgehead atoms. The number of nitrogens with one attached hydrogen (secondary N) is 1. The highest BCUT2D eigenvalue weighted by Gasteiger charge is 1.99. The monoisotopic (exact) mass is 170 g/mol. The largest absolute Gasteiger partial charge is 0.317 e. The molecule has 0 aromatic carbocycles. The van der Waals surface area contributed by atoms with Crippen LogP contribution >= 0.6 is 11.3 Å². The second-order valence-corrected chi connectivity index (χ2v) is 3.63. The van der Waals surface area contributed by atoms with E-state index < -0.39 is 0 Å². The Labute approximate surface area is 71.7 Å². The van der Waals surface area contributed by atoms with Gasteiger partial charge in [0, 0.05) is 24.0 Å². The van der Waals surface area contributed by atoms with Crippen molar-refractivity contribution in [3.05, 3.63) is 16.6 Å². The van der Waals surface area contributed by atoms with Gasteiger partial charge in [0.1, 0.15) is 0 Å². The van der Waals surface area contributed by atoms with Crippen LogP contribution < -0.4 is 5.32 Å². The highest BCUT2D eigenvalue weighted by Crippen LogP contribution is 2.07. The molecule has 1 N–H and O–H groups in total. The molecule has 0 fully saturated rings. The van der Waals surface area contributed by atoms with Crippen LogP contribution in [0.25, 0.3) is 0 Å². The number of aryl methyl sites for hydroxylation is 1. The first-order valence-electron chi connectivity index (χ1n) is 3.88. The van der Waals surface area contributed by atoms with Crippen LogP contribution in [-0.2, 0) is 6.42 Å². The van der Waals surface area contributed by atoms with Crippen LogP contribution in [0.5, 0.6) is 0 Å². The predicted octanol–water partition coefficient (Wildman–Crippen LogP) is 1.68. The number of hydrogen-bond acceptors (Lipinski definition) is 3. The Kier molecular flexibility index (Phi) is 3.52. The number of thiazole rings is 1. The van der Waals surface area contributed by atoms with Crippen molar-refractivity contribution in [2.45, 2.75) is 25.8 Å². The average molecular weight is 170 g/mol. The number of aromatic nitrogens is 1. The van der Waals surface area contributed by atoms with Crippen LogP contribution in [0.2, 0.25) is 0 Å². The van der Waals surface area contributed by atoms with E-state index in [1.165, 1.54) is 11.4 Å². The van der Waals surface area contributed by atoms with Crippen molar-refractivity contribution < 1.29 is 0 Å². The summed E-state index contributed by atoms with van der Waals surface area (Å²) in [5, 5.41) is 6.47. The van der Waals surface area contributed by atoms with Gasteiger partial charge in [-0.15, -0.1) is 11.3 Å². The summed E-state index contributed by atoms with van der Waals surface area (Å²) in [6, 6.07) is 0.596. The molecule has 1 aromatic heterocycles. The molecular weight excluding hydrogens is 156 g/mol. The van der Waals surface area contributed by atoms with Gasteiger partial charge in [0.25, 0.3) is 0 Å². The molecule has 0 aliphatic heterocycles. The normalized spacial score (nSPS) is 13.3. The molecule has 1 rings (SSSR count). The number of nitrogens with zero attached hydrogens (tertiary/aromatic N) is 1. The van der Waals surface area contributed by atoms with Crippen molar-refractivity contribution in [3.63, 3.8) is 0 Å². The highest BCUT2D eigenvalue weighted by atomic mass is 32.1. The third kappa shape index (κ3) is 2.99. The lowest BCUT2D eigenvalue weighted by atomic mass is 10.2. The van der Waals surface area contributed by atoms with Gasteiger partial charge in [0.05, 0.1) is 5.01 Å². The third-order valence-corrected chi connectivity index (χ3v) is 2.61. The quantitative estimate of drug-likeness (QED) is 0.743. The van der Waals surface area contributed by atoms with Crippen molar-refractivity contribution in [1.82, 2.24) is 10.3 Å². The van der Waals surface area contributed by atoms with E-state index in [9.17, 15) is 0 Å². The second kappa shape index (κ2) is 4.46. The van der Waals surface area contributed by atoms with E-state index in [-0.39, 0.29) is 0 Å². The van der Waals surface area contributed by atoms with Crippen LogP contribution in [0.3, 0.4) is 0 Å². The molecule has 1 heterocycles. The van der Waals surface area contributed by atoms with E-state index >= 15 is 0 Å². The van der Waals surface area contributed by atoms with Gasteiger partial charge in [0.15, 0.2) is 0 Å². The van der Waals surface area contributed by atoms with Crippen LogP contribution in [-0.4, -0.2) is 18.1 Å². The van der Waals surface area contributed by atoms with E-state index in [2.05, 4.69) is 17.2 Å². The second-order valence-electron chi connectivity index (χ2n) is 2.65. The van der Waals surface area contributed by atoms with Crippen molar-refractivity contribution in [2.75, 3.05) is 7.05 Å². The maximum atomic E-state index is 4.21.